The molecule has 6 nitrogen and oxygen atoms in total. The largest absolute Gasteiger partial charge is 0.441 e. The van der Waals surface area contributed by atoms with E-state index in [1.54, 1.807) is 28.0 Å². The lowest BCUT2D eigenvalue weighted by Gasteiger charge is -2.35. The third-order valence-corrected chi connectivity index (χ3v) is 5.86. The lowest BCUT2D eigenvalue weighted by Crippen LogP contribution is -2.51. The highest BCUT2D eigenvalue weighted by Crippen LogP contribution is 2.24. The van der Waals surface area contributed by atoms with Crippen LogP contribution in [-0.2, 0) is 11.2 Å². The van der Waals surface area contributed by atoms with E-state index in [0.717, 1.165) is 5.56 Å². The van der Waals surface area contributed by atoms with Crippen molar-refractivity contribution in [2.45, 2.75) is 13.3 Å². The first-order chi connectivity index (χ1) is 14.9. The number of amides is 2. The Bertz CT molecular complexity index is 1110. The van der Waals surface area contributed by atoms with Crippen LogP contribution in [0, 0.1) is 6.92 Å². The van der Waals surface area contributed by atoms with Crippen molar-refractivity contribution >= 4 is 35.0 Å². The number of nitrogens with zero attached hydrogens (tertiary/aromatic N) is 3. The summed E-state index contributed by atoms with van der Waals surface area (Å²) in [5.74, 6) is 0.954. The standard InChI is InChI=1S/C23H21Cl2N3O3/c1-15-20(26-22(31-15)16-5-3-2-4-6-16)14-21(29)27-9-11-28(12-10-27)23(30)18-8-7-17(24)13-19(18)25/h2-8,13H,9-12,14H2,1H3. The zero-order valence-electron chi connectivity index (χ0n) is 17.0. The average molecular weight is 458 g/mol. The average Bonchev–Trinajstić information content (AvgIpc) is 3.14. The predicted octanol–water partition coefficient (Wildman–Crippen LogP) is 4.48. The van der Waals surface area contributed by atoms with Crippen molar-refractivity contribution in [1.82, 2.24) is 14.8 Å². The molecule has 31 heavy (non-hydrogen) atoms. The highest BCUT2D eigenvalue weighted by molar-refractivity contribution is 6.36. The predicted molar refractivity (Wildman–Crippen MR) is 119 cm³/mol. The quantitative estimate of drug-likeness (QED) is 0.578. The molecular formula is C23H21Cl2N3O3. The third kappa shape index (κ3) is 4.75. The van der Waals surface area contributed by atoms with E-state index < -0.39 is 0 Å². The molecule has 0 aliphatic carbocycles. The Labute approximate surface area is 190 Å². The molecular weight excluding hydrogens is 437 g/mol. The molecule has 2 heterocycles. The molecule has 0 N–H and O–H groups in total. The fraction of sp³-hybridized carbons (Fsp3) is 0.261. The minimum atomic E-state index is -0.159. The van der Waals surface area contributed by atoms with E-state index in [9.17, 15) is 9.59 Å². The van der Waals surface area contributed by atoms with Crippen molar-refractivity contribution in [3.63, 3.8) is 0 Å². The van der Waals surface area contributed by atoms with Crippen molar-refractivity contribution in [3.05, 3.63) is 75.6 Å². The molecule has 0 radical (unpaired) electrons. The van der Waals surface area contributed by atoms with Gasteiger partial charge in [0.15, 0.2) is 0 Å². The van der Waals surface area contributed by atoms with Crippen LogP contribution in [0.5, 0.6) is 0 Å². The normalized spacial score (nSPS) is 14.0. The number of hydrogen-bond acceptors (Lipinski definition) is 4. The second kappa shape index (κ2) is 9.12. The monoisotopic (exact) mass is 457 g/mol. The molecule has 1 saturated heterocycles. The summed E-state index contributed by atoms with van der Waals surface area (Å²) in [5.41, 5.74) is 1.92. The number of piperazine rings is 1. The summed E-state index contributed by atoms with van der Waals surface area (Å²) in [4.78, 5) is 33.5. The van der Waals surface area contributed by atoms with E-state index in [0.29, 0.717) is 59.1 Å². The minimum absolute atomic E-state index is 0.0346. The Morgan fingerprint density at radius 2 is 1.68 bits per heavy atom. The maximum absolute atomic E-state index is 12.8. The molecule has 8 heteroatoms. The van der Waals surface area contributed by atoms with Crippen LogP contribution in [0.1, 0.15) is 21.8 Å². The molecule has 0 bridgehead atoms. The van der Waals surface area contributed by atoms with Crippen molar-refractivity contribution in [2.24, 2.45) is 0 Å². The highest BCUT2D eigenvalue weighted by Gasteiger charge is 2.27. The van der Waals surface area contributed by atoms with E-state index >= 15 is 0 Å². The Balaban J connectivity index is 1.37. The number of carbonyl (C=O) groups excluding carboxylic acids is 2. The number of halogens is 2. The summed E-state index contributed by atoms with van der Waals surface area (Å²) in [6.07, 6.45) is 0.166. The maximum Gasteiger partial charge on any atom is 0.255 e. The van der Waals surface area contributed by atoms with Crippen LogP contribution in [0.3, 0.4) is 0 Å². The first-order valence-corrected chi connectivity index (χ1v) is 10.7. The SMILES string of the molecule is Cc1oc(-c2ccccc2)nc1CC(=O)N1CCN(C(=O)c2ccc(Cl)cc2Cl)CC1. The Kier molecular flexibility index (Phi) is 6.30. The summed E-state index contributed by atoms with van der Waals surface area (Å²) in [5, 5.41) is 0.808. The maximum atomic E-state index is 12.8. The van der Waals surface area contributed by atoms with Crippen LogP contribution < -0.4 is 0 Å². The molecule has 160 valence electrons. The molecule has 1 fully saturated rings. The molecule has 0 saturated carbocycles. The number of aromatic nitrogens is 1. The van der Waals surface area contributed by atoms with Crippen molar-refractivity contribution < 1.29 is 14.0 Å². The van der Waals surface area contributed by atoms with Crippen molar-refractivity contribution in [2.75, 3.05) is 26.2 Å². The van der Waals surface area contributed by atoms with Crippen LogP contribution in [0.2, 0.25) is 10.0 Å². The molecule has 1 aliphatic heterocycles. The summed E-state index contributed by atoms with van der Waals surface area (Å²) in [6, 6.07) is 14.4. The summed E-state index contributed by atoms with van der Waals surface area (Å²) < 4.78 is 5.75. The third-order valence-electron chi connectivity index (χ3n) is 5.31. The van der Waals surface area contributed by atoms with Gasteiger partial charge in [-0.2, -0.15) is 0 Å². The lowest BCUT2D eigenvalue weighted by atomic mass is 10.1. The van der Waals surface area contributed by atoms with Gasteiger partial charge in [-0.25, -0.2) is 4.98 Å². The van der Waals surface area contributed by atoms with Gasteiger partial charge in [0.05, 0.1) is 22.7 Å². The molecule has 2 amide bonds. The van der Waals surface area contributed by atoms with Gasteiger partial charge < -0.3 is 14.2 Å². The van der Waals surface area contributed by atoms with Gasteiger partial charge in [-0.1, -0.05) is 41.4 Å². The number of aryl methyl sites for hydroxylation is 1. The Morgan fingerprint density at radius 1 is 1.00 bits per heavy atom. The Morgan fingerprint density at radius 3 is 2.35 bits per heavy atom. The molecule has 1 aliphatic rings. The topological polar surface area (TPSA) is 66.7 Å². The van der Waals surface area contributed by atoms with E-state index in [-0.39, 0.29) is 18.2 Å². The van der Waals surface area contributed by atoms with E-state index in [4.69, 9.17) is 27.6 Å². The van der Waals surface area contributed by atoms with Crippen molar-refractivity contribution in [3.8, 4) is 11.5 Å². The molecule has 3 aromatic rings. The van der Waals surface area contributed by atoms with Crippen molar-refractivity contribution in [1.29, 1.82) is 0 Å². The van der Waals surface area contributed by atoms with E-state index in [1.165, 1.54) is 0 Å². The zero-order chi connectivity index (χ0) is 22.0. The Hall–Kier alpha value is -2.83. The molecule has 2 aromatic carbocycles. The summed E-state index contributed by atoms with van der Waals surface area (Å²) in [7, 11) is 0. The van der Waals surface area contributed by atoms with Gasteiger partial charge >= 0.3 is 0 Å². The van der Waals surface area contributed by atoms with Crippen LogP contribution in [-0.4, -0.2) is 52.8 Å². The number of carbonyl (C=O) groups is 2. The second-order valence-corrected chi connectivity index (χ2v) is 8.21. The van der Waals surface area contributed by atoms with E-state index in [1.807, 2.05) is 37.3 Å². The second-order valence-electron chi connectivity index (χ2n) is 7.36. The van der Waals surface area contributed by atoms with Gasteiger partial charge in [0, 0.05) is 36.8 Å². The summed E-state index contributed by atoms with van der Waals surface area (Å²) in [6.45, 7) is 3.61. The number of rotatable bonds is 4. The number of hydrogen-bond donors (Lipinski definition) is 0. The zero-order valence-corrected chi connectivity index (χ0v) is 18.5. The molecule has 0 unspecified atom stereocenters. The first kappa shape index (κ1) is 21.4. The smallest absolute Gasteiger partial charge is 0.255 e. The van der Waals surface area contributed by atoms with Gasteiger partial charge in [-0.3, -0.25) is 9.59 Å². The first-order valence-electron chi connectivity index (χ1n) is 9.96. The van der Waals surface area contributed by atoms with Gasteiger partial charge in [-0.15, -0.1) is 0 Å². The highest BCUT2D eigenvalue weighted by atomic mass is 35.5. The van der Waals surface area contributed by atoms with Gasteiger partial charge in [0.1, 0.15) is 5.76 Å². The number of benzene rings is 2. The lowest BCUT2D eigenvalue weighted by molar-refractivity contribution is -0.132. The van der Waals surface area contributed by atoms with Gasteiger partial charge in [0.25, 0.3) is 5.91 Å². The molecule has 4 rings (SSSR count). The molecule has 1 aromatic heterocycles. The fourth-order valence-electron chi connectivity index (χ4n) is 3.54. The molecule has 0 spiro atoms. The van der Waals surface area contributed by atoms with Crippen LogP contribution in [0.15, 0.2) is 52.9 Å². The van der Waals surface area contributed by atoms with Crippen LogP contribution in [0.4, 0.5) is 0 Å². The number of oxazole rings is 1. The van der Waals surface area contributed by atoms with Gasteiger partial charge in [0.2, 0.25) is 11.8 Å². The van der Waals surface area contributed by atoms with Crippen LogP contribution in [0.25, 0.3) is 11.5 Å². The van der Waals surface area contributed by atoms with Gasteiger partial charge in [-0.05, 0) is 37.3 Å². The summed E-state index contributed by atoms with van der Waals surface area (Å²) >= 11 is 12.1. The minimum Gasteiger partial charge on any atom is -0.441 e. The van der Waals surface area contributed by atoms with E-state index in [2.05, 4.69) is 4.98 Å². The fourth-order valence-corrected chi connectivity index (χ4v) is 4.03. The van der Waals surface area contributed by atoms with Crippen LogP contribution >= 0.6 is 23.2 Å². The molecule has 0 atom stereocenters.